The zero-order valence-corrected chi connectivity index (χ0v) is 15.1. The average molecular weight is 355 g/mol. The molecule has 3 fully saturated rings. The van der Waals surface area contributed by atoms with Gasteiger partial charge in [0.05, 0.1) is 0 Å². The van der Waals surface area contributed by atoms with E-state index in [9.17, 15) is 14.4 Å². The van der Waals surface area contributed by atoms with E-state index in [1.54, 1.807) is 6.92 Å². The Morgan fingerprint density at radius 3 is 2.62 bits per heavy atom. The second-order valence-corrected chi connectivity index (χ2v) is 7.87. The molecular weight excluding hydrogens is 330 g/mol. The fourth-order valence-corrected chi connectivity index (χ4v) is 4.29. The number of nitrogens with zero attached hydrogens (tertiary/aromatic N) is 2. The highest BCUT2D eigenvalue weighted by atomic mass is 16.2. The van der Waals surface area contributed by atoms with Crippen LogP contribution in [-0.4, -0.2) is 52.3 Å². The maximum atomic E-state index is 12.8. The van der Waals surface area contributed by atoms with Gasteiger partial charge < -0.3 is 10.2 Å². The SMILES string of the molecule is CC1(C2CC2)NC(=O)N(CC(=O)N2CCCC2Cc2ccccc2)C1=O. The maximum absolute atomic E-state index is 12.8. The van der Waals surface area contributed by atoms with Gasteiger partial charge >= 0.3 is 6.03 Å². The number of hydrogen-bond donors (Lipinski definition) is 1. The van der Waals surface area contributed by atoms with E-state index in [2.05, 4.69) is 17.4 Å². The molecule has 0 bridgehead atoms. The number of nitrogens with one attached hydrogen (secondary N) is 1. The lowest BCUT2D eigenvalue weighted by Crippen LogP contribution is -2.48. The van der Waals surface area contributed by atoms with Crippen LogP contribution in [0.3, 0.4) is 0 Å². The van der Waals surface area contributed by atoms with E-state index in [1.165, 1.54) is 5.56 Å². The summed E-state index contributed by atoms with van der Waals surface area (Å²) < 4.78 is 0. The highest BCUT2D eigenvalue weighted by molar-refractivity contribution is 6.09. The highest BCUT2D eigenvalue weighted by Crippen LogP contribution is 2.42. The molecule has 1 N–H and O–H groups in total. The number of likely N-dealkylation sites (tertiary alicyclic amines) is 1. The molecule has 2 heterocycles. The third-order valence-electron chi connectivity index (χ3n) is 6.00. The number of rotatable bonds is 5. The van der Waals surface area contributed by atoms with Crippen molar-refractivity contribution in [3.8, 4) is 0 Å². The number of imide groups is 1. The standard InChI is InChI=1S/C20H25N3O3/c1-20(15-9-10-15)18(25)23(19(26)21-20)13-17(24)22-11-5-8-16(22)12-14-6-3-2-4-7-14/h2-4,6-7,15-16H,5,8-13H2,1H3,(H,21,26). The topological polar surface area (TPSA) is 69.7 Å². The Kier molecular flexibility index (Phi) is 4.21. The van der Waals surface area contributed by atoms with Crippen molar-refractivity contribution in [2.24, 2.45) is 5.92 Å². The summed E-state index contributed by atoms with van der Waals surface area (Å²) in [6.45, 7) is 2.32. The van der Waals surface area contributed by atoms with Crippen LogP contribution >= 0.6 is 0 Å². The highest BCUT2D eigenvalue weighted by Gasteiger charge is 2.56. The molecule has 2 aliphatic heterocycles. The van der Waals surface area contributed by atoms with Crippen molar-refractivity contribution in [1.82, 2.24) is 15.1 Å². The molecule has 26 heavy (non-hydrogen) atoms. The first-order valence-corrected chi connectivity index (χ1v) is 9.46. The molecule has 6 heteroatoms. The van der Waals surface area contributed by atoms with Crippen LogP contribution in [0.1, 0.15) is 38.2 Å². The van der Waals surface area contributed by atoms with Crippen LogP contribution < -0.4 is 5.32 Å². The number of carbonyl (C=O) groups excluding carboxylic acids is 3. The fourth-order valence-electron chi connectivity index (χ4n) is 4.29. The minimum Gasteiger partial charge on any atom is -0.338 e. The summed E-state index contributed by atoms with van der Waals surface area (Å²) >= 11 is 0. The summed E-state index contributed by atoms with van der Waals surface area (Å²) in [5.74, 6) is -0.180. The first kappa shape index (κ1) is 17.1. The van der Waals surface area contributed by atoms with E-state index in [-0.39, 0.29) is 30.3 Å². The van der Waals surface area contributed by atoms with Gasteiger partial charge in [0.25, 0.3) is 5.91 Å². The summed E-state index contributed by atoms with van der Waals surface area (Å²) in [6, 6.07) is 9.83. The number of carbonyl (C=O) groups is 3. The lowest BCUT2D eigenvalue weighted by Gasteiger charge is -2.27. The smallest absolute Gasteiger partial charge is 0.325 e. The van der Waals surface area contributed by atoms with Crippen molar-refractivity contribution in [1.29, 1.82) is 0 Å². The minimum atomic E-state index is -0.828. The lowest BCUT2D eigenvalue weighted by molar-refractivity contribution is -0.139. The second-order valence-electron chi connectivity index (χ2n) is 7.87. The number of amides is 4. The fraction of sp³-hybridized carbons (Fsp3) is 0.550. The van der Waals surface area contributed by atoms with Gasteiger partial charge in [0.1, 0.15) is 12.1 Å². The molecule has 4 rings (SSSR count). The number of urea groups is 1. The summed E-state index contributed by atoms with van der Waals surface area (Å²) in [5, 5.41) is 2.81. The van der Waals surface area contributed by atoms with Gasteiger partial charge in [0, 0.05) is 12.6 Å². The Balaban J connectivity index is 1.42. The molecule has 0 aromatic heterocycles. The zero-order chi connectivity index (χ0) is 18.3. The Morgan fingerprint density at radius 1 is 1.19 bits per heavy atom. The third kappa shape index (κ3) is 2.97. The maximum Gasteiger partial charge on any atom is 0.325 e. The van der Waals surface area contributed by atoms with Crippen LogP contribution in [0.25, 0.3) is 0 Å². The van der Waals surface area contributed by atoms with E-state index in [1.807, 2.05) is 23.1 Å². The van der Waals surface area contributed by atoms with Gasteiger partial charge in [0.2, 0.25) is 5.91 Å². The predicted octanol–water partition coefficient (Wildman–Crippen LogP) is 1.94. The average Bonchev–Trinajstić information content (AvgIpc) is 3.35. The van der Waals surface area contributed by atoms with E-state index in [0.717, 1.165) is 37.0 Å². The van der Waals surface area contributed by atoms with Crippen LogP contribution in [0.5, 0.6) is 0 Å². The lowest BCUT2D eigenvalue weighted by atomic mass is 9.96. The Morgan fingerprint density at radius 2 is 1.92 bits per heavy atom. The van der Waals surface area contributed by atoms with E-state index < -0.39 is 11.6 Å². The minimum absolute atomic E-state index is 0.132. The van der Waals surface area contributed by atoms with Gasteiger partial charge in [-0.3, -0.25) is 14.5 Å². The van der Waals surface area contributed by atoms with Crippen LogP contribution in [-0.2, 0) is 16.0 Å². The molecular formula is C20H25N3O3. The molecule has 1 aliphatic carbocycles. The quantitative estimate of drug-likeness (QED) is 0.821. The summed E-state index contributed by atoms with van der Waals surface area (Å²) in [6.07, 6.45) is 4.64. The first-order chi connectivity index (χ1) is 12.5. The third-order valence-corrected chi connectivity index (χ3v) is 6.00. The molecule has 138 valence electrons. The Hall–Kier alpha value is -2.37. The summed E-state index contributed by atoms with van der Waals surface area (Å²) in [5.41, 5.74) is 0.375. The Labute approximate surface area is 153 Å². The van der Waals surface area contributed by atoms with Gasteiger partial charge in [-0.1, -0.05) is 30.3 Å². The van der Waals surface area contributed by atoms with Crippen LogP contribution in [0, 0.1) is 5.92 Å². The monoisotopic (exact) mass is 355 g/mol. The van der Waals surface area contributed by atoms with Crippen LogP contribution in [0.15, 0.2) is 30.3 Å². The molecule has 2 unspecified atom stereocenters. The van der Waals surface area contributed by atoms with Gasteiger partial charge in [-0.15, -0.1) is 0 Å². The van der Waals surface area contributed by atoms with Gasteiger partial charge in [-0.2, -0.15) is 0 Å². The summed E-state index contributed by atoms with van der Waals surface area (Å²) in [7, 11) is 0. The van der Waals surface area contributed by atoms with Crippen molar-refractivity contribution in [3.63, 3.8) is 0 Å². The number of benzene rings is 1. The second kappa shape index (κ2) is 6.41. The van der Waals surface area contributed by atoms with Gasteiger partial charge in [-0.25, -0.2) is 4.79 Å². The molecule has 1 saturated carbocycles. The van der Waals surface area contributed by atoms with E-state index >= 15 is 0 Å². The van der Waals surface area contributed by atoms with Gasteiger partial charge in [-0.05, 0) is 50.5 Å². The zero-order valence-electron chi connectivity index (χ0n) is 15.1. The van der Waals surface area contributed by atoms with Crippen molar-refractivity contribution in [3.05, 3.63) is 35.9 Å². The van der Waals surface area contributed by atoms with E-state index in [4.69, 9.17) is 0 Å². The van der Waals surface area contributed by atoms with Crippen molar-refractivity contribution in [2.45, 2.75) is 50.6 Å². The molecule has 2 atom stereocenters. The molecule has 6 nitrogen and oxygen atoms in total. The molecule has 1 aromatic rings. The normalized spacial score (nSPS) is 28.6. The largest absolute Gasteiger partial charge is 0.338 e. The van der Waals surface area contributed by atoms with E-state index in [0.29, 0.717) is 6.54 Å². The number of hydrogen-bond acceptors (Lipinski definition) is 3. The van der Waals surface area contributed by atoms with Crippen molar-refractivity contribution < 1.29 is 14.4 Å². The molecule has 4 amide bonds. The molecule has 2 saturated heterocycles. The predicted molar refractivity (Wildman–Crippen MR) is 96.3 cm³/mol. The molecule has 3 aliphatic rings. The first-order valence-electron chi connectivity index (χ1n) is 9.46. The van der Waals surface area contributed by atoms with Crippen molar-refractivity contribution >= 4 is 17.8 Å². The molecule has 0 radical (unpaired) electrons. The van der Waals surface area contributed by atoms with Crippen molar-refractivity contribution in [2.75, 3.05) is 13.1 Å². The summed E-state index contributed by atoms with van der Waals surface area (Å²) in [4.78, 5) is 40.8. The van der Waals surface area contributed by atoms with Crippen LogP contribution in [0.4, 0.5) is 4.79 Å². The molecule has 1 aromatic carbocycles. The van der Waals surface area contributed by atoms with Gasteiger partial charge in [0.15, 0.2) is 0 Å². The molecule has 0 spiro atoms. The van der Waals surface area contributed by atoms with Crippen LogP contribution in [0.2, 0.25) is 0 Å². The Bertz CT molecular complexity index is 731.